The number of imidazole rings is 1. The van der Waals surface area contributed by atoms with Crippen molar-refractivity contribution in [3.8, 4) is 11.5 Å². The zero-order valence-corrected chi connectivity index (χ0v) is 15.2. The van der Waals surface area contributed by atoms with Crippen LogP contribution in [0.1, 0.15) is 34.2 Å². The highest BCUT2D eigenvalue weighted by atomic mass is 16.5. The third kappa shape index (κ3) is 2.92. The summed E-state index contributed by atoms with van der Waals surface area (Å²) in [7, 11) is 3.30. The SMILES string of the molecule is COc1cccc([C@H]2CCN(C(=O)c3cn4c(n3)CNCC4)C2)c1OC. The van der Waals surface area contributed by atoms with Crippen LogP contribution < -0.4 is 14.8 Å². The average molecular weight is 356 g/mol. The van der Waals surface area contributed by atoms with E-state index in [1.165, 1.54) is 0 Å². The number of benzene rings is 1. The Kier molecular flexibility index (Phi) is 4.55. The molecule has 1 atom stereocenters. The van der Waals surface area contributed by atoms with E-state index in [2.05, 4.69) is 20.9 Å². The van der Waals surface area contributed by atoms with Crippen LogP contribution in [0.15, 0.2) is 24.4 Å². The minimum atomic E-state index is 0.0104. The maximum absolute atomic E-state index is 12.9. The van der Waals surface area contributed by atoms with Gasteiger partial charge in [-0.2, -0.15) is 0 Å². The van der Waals surface area contributed by atoms with Gasteiger partial charge in [0.1, 0.15) is 11.5 Å². The van der Waals surface area contributed by atoms with E-state index in [0.29, 0.717) is 12.2 Å². The lowest BCUT2D eigenvalue weighted by molar-refractivity contribution is 0.0785. The number of hydrogen-bond donors (Lipinski definition) is 1. The van der Waals surface area contributed by atoms with Crippen LogP contribution in [0.3, 0.4) is 0 Å². The molecule has 1 amide bonds. The molecule has 0 aliphatic carbocycles. The van der Waals surface area contributed by atoms with Gasteiger partial charge in [-0.3, -0.25) is 4.79 Å². The Balaban J connectivity index is 1.52. The second kappa shape index (κ2) is 6.99. The molecular weight excluding hydrogens is 332 g/mol. The van der Waals surface area contributed by atoms with Gasteiger partial charge in [0.2, 0.25) is 0 Å². The van der Waals surface area contributed by atoms with E-state index in [9.17, 15) is 4.79 Å². The predicted molar refractivity (Wildman–Crippen MR) is 96.7 cm³/mol. The molecule has 0 spiro atoms. The summed E-state index contributed by atoms with van der Waals surface area (Å²) >= 11 is 0. The molecule has 7 heteroatoms. The van der Waals surface area contributed by atoms with Crippen LogP contribution in [0.2, 0.25) is 0 Å². The van der Waals surface area contributed by atoms with Crippen molar-refractivity contribution in [1.82, 2.24) is 19.8 Å². The molecule has 1 aromatic heterocycles. The fraction of sp³-hybridized carbons (Fsp3) is 0.474. The Labute approximate surface area is 152 Å². The maximum Gasteiger partial charge on any atom is 0.274 e. The molecule has 26 heavy (non-hydrogen) atoms. The van der Waals surface area contributed by atoms with Crippen LogP contribution in [0, 0.1) is 0 Å². The minimum Gasteiger partial charge on any atom is -0.493 e. The number of carbonyl (C=O) groups excluding carboxylic acids is 1. The van der Waals surface area contributed by atoms with Gasteiger partial charge in [0, 0.05) is 43.9 Å². The summed E-state index contributed by atoms with van der Waals surface area (Å²) in [5.41, 5.74) is 1.64. The fourth-order valence-corrected chi connectivity index (χ4v) is 3.89. The van der Waals surface area contributed by atoms with Gasteiger partial charge in [-0.1, -0.05) is 12.1 Å². The summed E-state index contributed by atoms with van der Waals surface area (Å²) in [4.78, 5) is 19.3. The average Bonchev–Trinajstić information content (AvgIpc) is 3.33. The number of methoxy groups -OCH3 is 2. The Morgan fingerprint density at radius 2 is 2.15 bits per heavy atom. The predicted octanol–water partition coefficient (Wildman–Crippen LogP) is 1.63. The second-order valence-electron chi connectivity index (χ2n) is 6.73. The van der Waals surface area contributed by atoms with Crippen molar-refractivity contribution in [3.05, 3.63) is 41.5 Å². The molecule has 1 aromatic carbocycles. The van der Waals surface area contributed by atoms with E-state index in [1.807, 2.05) is 23.2 Å². The number of hydrogen-bond acceptors (Lipinski definition) is 5. The molecule has 0 saturated carbocycles. The minimum absolute atomic E-state index is 0.0104. The quantitative estimate of drug-likeness (QED) is 0.902. The highest BCUT2D eigenvalue weighted by Crippen LogP contribution is 2.39. The molecule has 0 unspecified atom stereocenters. The fourth-order valence-electron chi connectivity index (χ4n) is 3.89. The molecule has 1 N–H and O–H groups in total. The van der Waals surface area contributed by atoms with Gasteiger partial charge < -0.3 is 24.3 Å². The van der Waals surface area contributed by atoms with Crippen molar-refractivity contribution in [2.45, 2.75) is 25.4 Å². The van der Waals surface area contributed by atoms with Gasteiger partial charge in [-0.25, -0.2) is 4.98 Å². The number of nitrogens with zero attached hydrogens (tertiary/aromatic N) is 3. The summed E-state index contributed by atoms with van der Waals surface area (Å²) in [6.45, 7) is 3.89. The number of fused-ring (bicyclic) bond motifs is 1. The lowest BCUT2D eigenvalue weighted by atomic mass is 9.97. The molecular formula is C19H24N4O3. The van der Waals surface area contributed by atoms with Crippen LogP contribution in [0.5, 0.6) is 11.5 Å². The van der Waals surface area contributed by atoms with E-state index in [1.54, 1.807) is 14.2 Å². The molecule has 0 radical (unpaired) electrons. The number of nitrogens with one attached hydrogen (secondary N) is 1. The number of aromatic nitrogens is 2. The first-order valence-corrected chi connectivity index (χ1v) is 8.98. The van der Waals surface area contributed by atoms with Crippen molar-refractivity contribution in [1.29, 1.82) is 0 Å². The van der Waals surface area contributed by atoms with Crippen LogP contribution in [0.25, 0.3) is 0 Å². The first kappa shape index (κ1) is 16.9. The molecule has 2 aromatic rings. The van der Waals surface area contributed by atoms with Crippen molar-refractivity contribution in [2.24, 2.45) is 0 Å². The van der Waals surface area contributed by atoms with Gasteiger partial charge in [0.15, 0.2) is 11.5 Å². The molecule has 4 rings (SSSR count). The highest BCUT2D eigenvalue weighted by Gasteiger charge is 2.31. The van der Waals surface area contributed by atoms with Gasteiger partial charge in [0.05, 0.1) is 20.8 Å². The van der Waals surface area contributed by atoms with E-state index in [-0.39, 0.29) is 11.8 Å². The van der Waals surface area contributed by atoms with Crippen LogP contribution >= 0.6 is 0 Å². The van der Waals surface area contributed by atoms with E-state index < -0.39 is 0 Å². The molecule has 1 saturated heterocycles. The molecule has 3 heterocycles. The Hall–Kier alpha value is -2.54. The summed E-state index contributed by atoms with van der Waals surface area (Å²) in [6.07, 6.45) is 2.79. The summed E-state index contributed by atoms with van der Waals surface area (Å²) in [5, 5.41) is 3.28. The number of para-hydroxylation sites is 1. The zero-order chi connectivity index (χ0) is 18.1. The molecule has 138 valence electrons. The monoisotopic (exact) mass is 356 g/mol. The topological polar surface area (TPSA) is 68.6 Å². The maximum atomic E-state index is 12.9. The van der Waals surface area contributed by atoms with Crippen molar-refractivity contribution in [3.63, 3.8) is 0 Å². The molecule has 7 nitrogen and oxygen atoms in total. The third-order valence-electron chi connectivity index (χ3n) is 5.24. The molecule has 1 fully saturated rings. The van der Waals surface area contributed by atoms with Crippen molar-refractivity contribution in [2.75, 3.05) is 33.9 Å². The van der Waals surface area contributed by atoms with Crippen molar-refractivity contribution < 1.29 is 14.3 Å². The van der Waals surface area contributed by atoms with E-state index in [0.717, 1.165) is 55.5 Å². The first-order valence-electron chi connectivity index (χ1n) is 8.98. The summed E-state index contributed by atoms with van der Waals surface area (Å²) in [6, 6.07) is 5.92. The lowest BCUT2D eigenvalue weighted by Crippen LogP contribution is -2.28. The first-order chi connectivity index (χ1) is 12.7. The number of ether oxygens (including phenoxy) is 2. The Morgan fingerprint density at radius 3 is 2.92 bits per heavy atom. The number of amides is 1. The lowest BCUT2D eigenvalue weighted by Gasteiger charge is -2.18. The summed E-state index contributed by atoms with van der Waals surface area (Å²) in [5.74, 6) is 2.67. The van der Waals surface area contributed by atoms with Crippen LogP contribution in [0.4, 0.5) is 0 Å². The second-order valence-corrected chi connectivity index (χ2v) is 6.73. The van der Waals surface area contributed by atoms with Gasteiger partial charge in [0.25, 0.3) is 5.91 Å². The summed E-state index contributed by atoms with van der Waals surface area (Å²) < 4.78 is 13.0. The van der Waals surface area contributed by atoms with E-state index >= 15 is 0 Å². The van der Waals surface area contributed by atoms with Crippen LogP contribution in [-0.4, -0.2) is 54.2 Å². The Morgan fingerprint density at radius 1 is 1.27 bits per heavy atom. The van der Waals surface area contributed by atoms with E-state index in [4.69, 9.17) is 9.47 Å². The Bertz CT molecular complexity index is 794. The van der Waals surface area contributed by atoms with Crippen LogP contribution in [-0.2, 0) is 13.1 Å². The molecule has 0 bridgehead atoms. The standard InChI is InChI=1S/C19H24N4O3/c1-25-16-5-3-4-14(18(16)26-2)13-6-8-23(11-13)19(24)15-12-22-9-7-20-10-17(22)21-15/h3-5,12-13,20H,6-11H2,1-2H3/t13-/m0/s1. The van der Waals surface area contributed by atoms with Gasteiger partial charge in [-0.15, -0.1) is 0 Å². The number of rotatable bonds is 4. The number of likely N-dealkylation sites (tertiary alicyclic amines) is 1. The normalized spacial score (nSPS) is 19.3. The zero-order valence-electron chi connectivity index (χ0n) is 15.2. The van der Waals surface area contributed by atoms with Crippen molar-refractivity contribution >= 4 is 5.91 Å². The number of carbonyl (C=O) groups is 1. The highest BCUT2D eigenvalue weighted by molar-refractivity contribution is 5.92. The van der Waals surface area contributed by atoms with Gasteiger partial charge >= 0.3 is 0 Å². The third-order valence-corrected chi connectivity index (χ3v) is 5.24. The van der Waals surface area contributed by atoms with Gasteiger partial charge in [-0.05, 0) is 12.5 Å². The molecule has 2 aliphatic rings. The smallest absolute Gasteiger partial charge is 0.274 e. The largest absolute Gasteiger partial charge is 0.493 e. The molecule has 2 aliphatic heterocycles.